The fourth-order valence-electron chi connectivity index (χ4n) is 2.65. The molecule has 0 aliphatic carbocycles. The lowest BCUT2D eigenvalue weighted by molar-refractivity contribution is -0.145. The number of aryl methyl sites for hydroxylation is 2. The molecular formula is C23H25F3O3S. The highest BCUT2D eigenvalue weighted by Crippen LogP contribution is 2.30. The summed E-state index contributed by atoms with van der Waals surface area (Å²) in [7, 11) is 0. The smallest absolute Gasteiger partial charge is 0.416 e. The lowest BCUT2D eigenvalue weighted by atomic mass is 10.0. The van der Waals surface area contributed by atoms with Crippen molar-refractivity contribution in [2.75, 3.05) is 19.0 Å². The molecule has 2 aromatic rings. The number of carbonyl (C=O) groups excluding carboxylic acids is 1. The van der Waals surface area contributed by atoms with Crippen LogP contribution in [-0.2, 0) is 22.1 Å². The second kappa shape index (κ2) is 11.1. The zero-order valence-electron chi connectivity index (χ0n) is 17.1. The summed E-state index contributed by atoms with van der Waals surface area (Å²) in [6.07, 6.45) is -2.95. The molecule has 0 atom stereocenters. The van der Waals surface area contributed by atoms with E-state index in [0.717, 1.165) is 33.7 Å². The maximum absolute atomic E-state index is 12.6. The average molecular weight is 439 g/mol. The summed E-state index contributed by atoms with van der Waals surface area (Å²) in [5.41, 5.74) is 2.15. The number of hydrogen-bond acceptors (Lipinski definition) is 4. The average Bonchev–Trinajstić information content (AvgIpc) is 2.70. The molecule has 30 heavy (non-hydrogen) atoms. The number of thioether (sulfide) groups is 1. The largest absolute Gasteiger partial charge is 0.482 e. The van der Waals surface area contributed by atoms with Gasteiger partial charge in [0.25, 0.3) is 0 Å². The van der Waals surface area contributed by atoms with Gasteiger partial charge in [0.1, 0.15) is 5.75 Å². The quantitative estimate of drug-likeness (QED) is 0.250. The van der Waals surface area contributed by atoms with Crippen molar-refractivity contribution < 1.29 is 27.4 Å². The topological polar surface area (TPSA) is 35.5 Å². The fourth-order valence-corrected chi connectivity index (χ4v) is 3.59. The summed E-state index contributed by atoms with van der Waals surface area (Å²) in [5.74, 6) is 0.941. The van der Waals surface area contributed by atoms with Crippen molar-refractivity contribution in [1.82, 2.24) is 0 Å². The van der Waals surface area contributed by atoms with Gasteiger partial charge in [0.15, 0.2) is 6.61 Å². The third-order valence-electron chi connectivity index (χ3n) is 4.29. The van der Waals surface area contributed by atoms with Crippen LogP contribution in [0.1, 0.15) is 30.0 Å². The zero-order valence-corrected chi connectivity index (χ0v) is 17.9. The van der Waals surface area contributed by atoms with Gasteiger partial charge in [-0.25, -0.2) is 4.79 Å². The summed E-state index contributed by atoms with van der Waals surface area (Å²) in [6, 6.07) is 11.0. The molecule has 2 rings (SSSR count). The number of esters is 1. The summed E-state index contributed by atoms with van der Waals surface area (Å²) < 4.78 is 48.2. The van der Waals surface area contributed by atoms with Gasteiger partial charge in [0.05, 0.1) is 12.2 Å². The third-order valence-corrected chi connectivity index (χ3v) is 5.43. The lowest BCUT2D eigenvalue weighted by Gasteiger charge is -2.11. The first-order chi connectivity index (χ1) is 14.2. The van der Waals surface area contributed by atoms with Crippen molar-refractivity contribution in [3.05, 3.63) is 71.3 Å². The van der Waals surface area contributed by atoms with Crippen LogP contribution >= 0.6 is 11.8 Å². The fraction of sp³-hybridized carbons (Fsp3) is 0.348. The van der Waals surface area contributed by atoms with E-state index in [1.54, 1.807) is 18.7 Å². The van der Waals surface area contributed by atoms with E-state index < -0.39 is 17.7 Å². The molecule has 7 heteroatoms. The van der Waals surface area contributed by atoms with Crippen LogP contribution in [0.5, 0.6) is 5.75 Å². The Bertz CT molecular complexity index is 861. The number of ether oxygens (including phenoxy) is 2. The maximum Gasteiger partial charge on any atom is 0.416 e. The molecule has 0 aromatic heterocycles. The Morgan fingerprint density at radius 3 is 2.43 bits per heavy atom. The van der Waals surface area contributed by atoms with Gasteiger partial charge in [0, 0.05) is 10.6 Å². The number of carbonyl (C=O) groups is 1. The molecule has 0 bridgehead atoms. The van der Waals surface area contributed by atoms with E-state index in [1.165, 1.54) is 12.1 Å². The van der Waals surface area contributed by atoms with Crippen LogP contribution in [0.25, 0.3) is 0 Å². The van der Waals surface area contributed by atoms with Crippen LogP contribution in [0.2, 0.25) is 0 Å². The van der Waals surface area contributed by atoms with Crippen LogP contribution in [0.3, 0.4) is 0 Å². The van der Waals surface area contributed by atoms with Gasteiger partial charge in [-0.2, -0.15) is 13.2 Å². The number of benzene rings is 2. The number of hydrogen-bond donors (Lipinski definition) is 0. The van der Waals surface area contributed by atoms with Crippen molar-refractivity contribution in [1.29, 1.82) is 0 Å². The van der Waals surface area contributed by atoms with Gasteiger partial charge in [-0.15, -0.1) is 11.8 Å². The maximum atomic E-state index is 12.6. The van der Waals surface area contributed by atoms with Gasteiger partial charge in [-0.1, -0.05) is 24.3 Å². The van der Waals surface area contributed by atoms with Crippen molar-refractivity contribution >= 4 is 17.7 Å². The monoisotopic (exact) mass is 438 g/mol. The van der Waals surface area contributed by atoms with Crippen LogP contribution in [0.4, 0.5) is 13.2 Å². The molecule has 3 nitrogen and oxygen atoms in total. The first-order valence-corrected chi connectivity index (χ1v) is 10.5. The summed E-state index contributed by atoms with van der Waals surface area (Å²) in [4.78, 5) is 12.4. The molecule has 0 saturated carbocycles. The van der Waals surface area contributed by atoms with Gasteiger partial charge < -0.3 is 9.47 Å². The molecule has 0 radical (unpaired) electrons. The van der Waals surface area contributed by atoms with Crippen LogP contribution < -0.4 is 4.74 Å². The molecule has 0 spiro atoms. The van der Waals surface area contributed by atoms with Gasteiger partial charge >= 0.3 is 12.1 Å². The summed E-state index contributed by atoms with van der Waals surface area (Å²) in [6.45, 7) is 7.92. The van der Waals surface area contributed by atoms with Gasteiger partial charge in [-0.3, -0.25) is 0 Å². The minimum Gasteiger partial charge on any atom is -0.482 e. The predicted molar refractivity (Wildman–Crippen MR) is 113 cm³/mol. The van der Waals surface area contributed by atoms with E-state index in [4.69, 9.17) is 9.47 Å². The Hall–Kier alpha value is -2.41. The van der Waals surface area contributed by atoms with Gasteiger partial charge in [-0.05, 0) is 68.1 Å². The first kappa shape index (κ1) is 23.9. The molecule has 0 fully saturated rings. The Balaban J connectivity index is 1.79. The second-order valence-electron chi connectivity index (χ2n) is 6.75. The number of rotatable bonds is 10. The van der Waals surface area contributed by atoms with Crippen molar-refractivity contribution in [2.45, 2.75) is 37.8 Å². The summed E-state index contributed by atoms with van der Waals surface area (Å²) in [5, 5.41) is 0. The van der Waals surface area contributed by atoms with E-state index >= 15 is 0 Å². The predicted octanol–water partition coefficient (Wildman–Crippen LogP) is 6.24. The van der Waals surface area contributed by atoms with Gasteiger partial charge in [0.2, 0.25) is 0 Å². The highest BCUT2D eigenvalue weighted by molar-refractivity contribution is 7.99. The summed E-state index contributed by atoms with van der Waals surface area (Å²) >= 11 is 1.63. The standard InChI is InChI=1S/C23H25F3O3S/c1-4-28-22(27)14-29-21-12-11-20(13-17(21)3)30-15-16(2)5-6-18-7-9-19(10-8-18)23(24,25)26/h7-13H,2,4-6,14-15H2,1,3H3. The third kappa shape index (κ3) is 7.78. The Morgan fingerprint density at radius 2 is 1.83 bits per heavy atom. The molecule has 162 valence electrons. The molecule has 0 amide bonds. The molecule has 0 unspecified atom stereocenters. The minimum absolute atomic E-state index is 0.123. The molecular weight excluding hydrogens is 413 g/mol. The Kier molecular flexibility index (Phi) is 8.84. The molecule has 2 aromatic carbocycles. The number of halogens is 3. The van der Waals surface area contributed by atoms with E-state index in [-0.39, 0.29) is 6.61 Å². The molecule has 0 saturated heterocycles. The van der Waals surface area contributed by atoms with Crippen LogP contribution in [0, 0.1) is 6.92 Å². The number of alkyl halides is 3. The van der Waals surface area contributed by atoms with E-state index in [1.807, 2.05) is 25.1 Å². The van der Waals surface area contributed by atoms with Crippen molar-refractivity contribution in [3.63, 3.8) is 0 Å². The molecule has 0 aliphatic heterocycles. The lowest BCUT2D eigenvalue weighted by Crippen LogP contribution is -2.14. The zero-order chi connectivity index (χ0) is 22.1. The van der Waals surface area contributed by atoms with Crippen LogP contribution in [-0.4, -0.2) is 24.9 Å². The minimum atomic E-state index is -4.31. The Morgan fingerprint density at radius 1 is 1.13 bits per heavy atom. The van der Waals surface area contributed by atoms with E-state index in [2.05, 4.69) is 6.58 Å². The molecule has 0 heterocycles. The Labute approximate surface area is 179 Å². The molecule has 0 aliphatic rings. The second-order valence-corrected chi connectivity index (χ2v) is 7.80. The van der Waals surface area contributed by atoms with Crippen LogP contribution in [0.15, 0.2) is 59.5 Å². The molecule has 0 N–H and O–H groups in total. The van der Waals surface area contributed by atoms with Crippen molar-refractivity contribution in [3.8, 4) is 5.75 Å². The van der Waals surface area contributed by atoms with E-state index in [9.17, 15) is 18.0 Å². The van der Waals surface area contributed by atoms with Crippen molar-refractivity contribution in [2.24, 2.45) is 0 Å². The first-order valence-electron chi connectivity index (χ1n) is 9.53. The normalized spacial score (nSPS) is 11.2. The highest BCUT2D eigenvalue weighted by Gasteiger charge is 2.29. The highest BCUT2D eigenvalue weighted by atomic mass is 32.2. The SMILES string of the molecule is C=C(CCc1ccc(C(F)(F)F)cc1)CSc1ccc(OCC(=O)OCC)c(C)c1. The van der Waals surface area contributed by atoms with E-state index in [0.29, 0.717) is 31.0 Å².